The number of hydrogen-bond acceptors (Lipinski definition) is 3. The molecule has 0 spiro atoms. The van der Waals surface area contributed by atoms with Crippen LogP contribution in [0.2, 0.25) is 0 Å². The van der Waals surface area contributed by atoms with Crippen LogP contribution in [0.15, 0.2) is 18.3 Å². The van der Waals surface area contributed by atoms with Gasteiger partial charge in [0.15, 0.2) is 5.69 Å². The average molecular weight is 302 g/mol. The standard InChI is InChI=1S/C14H17F3N2O2/c1-21-10-5-2-4-9(8-10)19-13(20)11-6-3-7-18-12(11)14(15,16)17/h3,6-7,9-10H,2,4-5,8H2,1H3,(H,19,20)/t9-,10-/m0/s1. The van der Waals surface area contributed by atoms with Crippen LogP contribution in [0.3, 0.4) is 0 Å². The zero-order chi connectivity index (χ0) is 15.5. The molecule has 1 heterocycles. The number of nitrogens with one attached hydrogen (secondary N) is 1. The maximum Gasteiger partial charge on any atom is 0.434 e. The number of carbonyl (C=O) groups is 1. The van der Waals surface area contributed by atoms with Gasteiger partial charge in [0.2, 0.25) is 0 Å². The zero-order valence-corrected chi connectivity index (χ0v) is 11.6. The van der Waals surface area contributed by atoms with E-state index >= 15 is 0 Å². The first-order chi connectivity index (χ1) is 9.91. The van der Waals surface area contributed by atoms with Gasteiger partial charge in [-0.3, -0.25) is 9.78 Å². The third-order valence-corrected chi connectivity index (χ3v) is 3.62. The lowest BCUT2D eigenvalue weighted by molar-refractivity contribution is -0.141. The van der Waals surface area contributed by atoms with Crippen molar-refractivity contribution in [2.45, 2.75) is 44.0 Å². The molecule has 1 aromatic heterocycles. The fraction of sp³-hybridized carbons (Fsp3) is 0.571. The number of alkyl halides is 3. The first-order valence-electron chi connectivity index (χ1n) is 6.77. The summed E-state index contributed by atoms with van der Waals surface area (Å²) in [7, 11) is 1.59. The second-order valence-electron chi connectivity index (χ2n) is 5.09. The van der Waals surface area contributed by atoms with Crippen LogP contribution in [0.5, 0.6) is 0 Å². The Morgan fingerprint density at radius 2 is 2.19 bits per heavy atom. The number of carbonyl (C=O) groups excluding carboxylic acids is 1. The Hall–Kier alpha value is -1.63. The molecule has 1 fully saturated rings. The minimum atomic E-state index is -4.64. The lowest BCUT2D eigenvalue weighted by atomic mass is 9.92. The van der Waals surface area contributed by atoms with Gasteiger partial charge in [-0.1, -0.05) is 0 Å². The van der Waals surface area contributed by atoms with Gasteiger partial charge in [-0.15, -0.1) is 0 Å². The lowest BCUT2D eigenvalue weighted by Crippen LogP contribution is -2.41. The molecular weight excluding hydrogens is 285 g/mol. The van der Waals surface area contributed by atoms with Gasteiger partial charge >= 0.3 is 6.18 Å². The smallest absolute Gasteiger partial charge is 0.381 e. The molecule has 0 bridgehead atoms. The Labute approximate surface area is 120 Å². The van der Waals surface area contributed by atoms with Crippen molar-refractivity contribution in [3.05, 3.63) is 29.6 Å². The van der Waals surface area contributed by atoms with Crippen molar-refractivity contribution in [1.29, 1.82) is 0 Å². The molecule has 4 nitrogen and oxygen atoms in total. The van der Waals surface area contributed by atoms with E-state index in [2.05, 4.69) is 10.3 Å². The molecule has 21 heavy (non-hydrogen) atoms. The van der Waals surface area contributed by atoms with Crippen molar-refractivity contribution >= 4 is 5.91 Å². The second kappa shape index (κ2) is 6.43. The molecule has 0 unspecified atom stereocenters. The third-order valence-electron chi connectivity index (χ3n) is 3.62. The number of pyridine rings is 1. The maximum absolute atomic E-state index is 12.8. The van der Waals surface area contributed by atoms with E-state index in [9.17, 15) is 18.0 Å². The topological polar surface area (TPSA) is 51.2 Å². The van der Waals surface area contributed by atoms with Crippen LogP contribution in [0, 0.1) is 0 Å². The van der Waals surface area contributed by atoms with Crippen LogP contribution in [-0.4, -0.2) is 30.1 Å². The highest BCUT2D eigenvalue weighted by atomic mass is 19.4. The highest BCUT2D eigenvalue weighted by Crippen LogP contribution is 2.30. The molecule has 2 atom stereocenters. The Balaban J connectivity index is 2.10. The van der Waals surface area contributed by atoms with E-state index in [0.29, 0.717) is 6.42 Å². The lowest BCUT2D eigenvalue weighted by Gasteiger charge is -2.29. The summed E-state index contributed by atoms with van der Waals surface area (Å²) in [5.74, 6) is -0.739. The van der Waals surface area contributed by atoms with Crippen molar-refractivity contribution in [1.82, 2.24) is 10.3 Å². The summed E-state index contributed by atoms with van der Waals surface area (Å²) < 4.78 is 43.8. The van der Waals surface area contributed by atoms with Crippen LogP contribution in [0.4, 0.5) is 13.2 Å². The van der Waals surface area contributed by atoms with E-state index in [0.717, 1.165) is 31.5 Å². The molecule has 1 saturated carbocycles. The summed E-state index contributed by atoms with van der Waals surface area (Å²) in [4.78, 5) is 15.4. The highest BCUT2D eigenvalue weighted by molar-refractivity contribution is 5.95. The van der Waals surface area contributed by atoms with E-state index < -0.39 is 23.3 Å². The zero-order valence-electron chi connectivity index (χ0n) is 11.6. The Bertz CT molecular complexity index is 505. The number of rotatable bonds is 3. The second-order valence-corrected chi connectivity index (χ2v) is 5.09. The van der Waals surface area contributed by atoms with Crippen LogP contribution >= 0.6 is 0 Å². The number of hydrogen-bond donors (Lipinski definition) is 1. The quantitative estimate of drug-likeness (QED) is 0.934. The molecule has 1 N–H and O–H groups in total. The Morgan fingerprint density at radius 3 is 2.86 bits per heavy atom. The highest BCUT2D eigenvalue weighted by Gasteiger charge is 2.37. The fourth-order valence-electron chi connectivity index (χ4n) is 2.57. The first kappa shape index (κ1) is 15.8. The number of ether oxygens (including phenoxy) is 1. The van der Waals surface area contributed by atoms with Gasteiger partial charge in [-0.2, -0.15) is 13.2 Å². The monoisotopic (exact) mass is 302 g/mol. The molecule has 0 aromatic carbocycles. The molecule has 1 aliphatic rings. The molecule has 7 heteroatoms. The molecular formula is C14H17F3N2O2. The predicted octanol–water partition coefficient (Wildman–Crippen LogP) is 2.79. The average Bonchev–Trinajstić information content (AvgIpc) is 2.46. The van der Waals surface area contributed by atoms with Crippen molar-refractivity contribution in [3.63, 3.8) is 0 Å². The van der Waals surface area contributed by atoms with Gasteiger partial charge in [0, 0.05) is 19.3 Å². The molecule has 0 radical (unpaired) electrons. The van der Waals surface area contributed by atoms with Gasteiger partial charge < -0.3 is 10.1 Å². The summed E-state index contributed by atoms with van der Waals surface area (Å²) in [5, 5.41) is 2.65. The van der Waals surface area contributed by atoms with E-state index in [1.807, 2.05) is 0 Å². The number of aromatic nitrogens is 1. The number of methoxy groups -OCH3 is 1. The van der Waals surface area contributed by atoms with Gasteiger partial charge in [0.25, 0.3) is 5.91 Å². The summed E-state index contributed by atoms with van der Waals surface area (Å²) in [6, 6.07) is 2.29. The minimum Gasteiger partial charge on any atom is -0.381 e. The maximum atomic E-state index is 12.8. The van der Waals surface area contributed by atoms with Gasteiger partial charge in [-0.25, -0.2) is 0 Å². The normalized spacial score (nSPS) is 22.9. The van der Waals surface area contributed by atoms with Crippen molar-refractivity contribution in [2.75, 3.05) is 7.11 Å². The van der Waals surface area contributed by atoms with Crippen molar-refractivity contribution in [2.24, 2.45) is 0 Å². The van der Waals surface area contributed by atoms with E-state index in [1.54, 1.807) is 7.11 Å². The van der Waals surface area contributed by atoms with E-state index in [1.165, 1.54) is 6.07 Å². The summed E-state index contributed by atoms with van der Waals surface area (Å²) in [6.45, 7) is 0. The number of halogens is 3. The van der Waals surface area contributed by atoms with Crippen LogP contribution in [0.1, 0.15) is 41.7 Å². The minimum absolute atomic E-state index is 0.0417. The van der Waals surface area contributed by atoms with Crippen LogP contribution < -0.4 is 5.32 Å². The molecule has 1 amide bonds. The van der Waals surface area contributed by atoms with E-state index in [4.69, 9.17) is 4.74 Å². The Kier molecular flexibility index (Phi) is 4.82. The molecule has 0 aliphatic heterocycles. The van der Waals surface area contributed by atoms with Crippen molar-refractivity contribution in [3.8, 4) is 0 Å². The van der Waals surface area contributed by atoms with Gasteiger partial charge in [0.1, 0.15) is 0 Å². The summed E-state index contributed by atoms with van der Waals surface area (Å²) >= 11 is 0. The molecule has 2 rings (SSSR count). The Morgan fingerprint density at radius 1 is 1.43 bits per heavy atom. The van der Waals surface area contributed by atoms with Crippen LogP contribution in [0.25, 0.3) is 0 Å². The van der Waals surface area contributed by atoms with E-state index in [-0.39, 0.29) is 12.1 Å². The number of amides is 1. The largest absolute Gasteiger partial charge is 0.434 e. The molecule has 1 aromatic rings. The van der Waals surface area contributed by atoms with Gasteiger partial charge in [0.05, 0.1) is 11.7 Å². The summed E-state index contributed by atoms with van der Waals surface area (Å²) in [6.07, 6.45) is -0.431. The molecule has 116 valence electrons. The molecule has 1 aliphatic carbocycles. The third kappa shape index (κ3) is 3.93. The fourth-order valence-corrected chi connectivity index (χ4v) is 2.57. The van der Waals surface area contributed by atoms with Crippen LogP contribution in [-0.2, 0) is 10.9 Å². The first-order valence-corrected chi connectivity index (χ1v) is 6.77. The SMILES string of the molecule is CO[C@H]1CCC[C@H](NC(=O)c2cccnc2C(F)(F)F)C1. The summed E-state index contributed by atoms with van der Waals surface area (Å²) in [5.41, 5.74) is -1.59. The van der Waals surface area contributed by atoms with Crippen molar-refractivity contribution < 1.29 is 22.7 Å². The predicted molar refractivity (Wildman–Crippen MR) is 69.8 cm³/mol. The van der Waals surface area contributed by atoms with Gasteiger partial charge in [-0.05, 0) is 37.8 Å². The number of nitrogens with zero attached hydrogens (tertiary/aromatic N) is 1. The molecule has 0 saturated heterocycles.